The monoisotopic (exact) mass is 262 g/mol. The number of nitrogens with one attached hydrogen (secondary N) is 1. The number of amides is 2. The van der Waals surface area contributed by atoms with Crippen LogP contribution in [-0.2, 0) is 4.79 Å². The third-order valence-corrected chi connectivity index (χ3v) is 3.22. The van der Waals surface area contributed by atoms with Gasteiger partial charge in [0.15, 0.2) is 0 Å². The van der Waals surface area contributed by atoms with E-state index < -0.39 is 5.91 Å². The van der Waals surface area contributed by atoms with Crippen LogP contribution in [0.4, 0.5) is 11.4 Å². The predicted octanol–water partition coefficient (Wildman–Crippen LogP) is 0.0825. The first-order chi connectivity index (χ1) is 8.97. The molecule has 0 aromatic heterocycles. The van der Waals surface area contributed by atoms with Crippen LogP contribution in [0.3, 0.4) is 0 Å². The second kappa shape index (κ2) is 5.17. The Morgan fingerprint density at radius 3 is 2.79 bits per heavy atom. The van der Waals surface area contributed by atoms with Crippen molar-refractivity contribution in [3.05, 3.63) is 23.8 Å². The van der Waals surface area contributed by atoms with Crippen LogP contribution < -0.4 is 21.7 Å². The zero-order valence-corrected chi connectivity index (χ0v) is 10.8. The third kappa shape index (κ3) is 2.96. The summed E-state index contributed by atoms with van der Waals surface area (Å²) in [5, 5.41) is 2.88. The van der Waals surface area contributed by atoms with Crippen molar-refractivity contribution < 1.29 is 9.59 Å². The minimum Gasteiger partial charge on any atom is -0.399 e. The van der Waals surface area contributed by atoms with Gasteiger partial charge in [-0.3, -0.25) is 9.59 Å². The number of nitrogens with zero attached hydrogens (tertiary/aromatic N) is 1. The second-order valence-electron chi connectivity index (χ2n) is 4.77. The van der Waals surface area contributed by atoms with Gasteiger partial charge in [-0.1, -0.05) is 0 Å². The lowest BCUT2D eigenvalue weighted by molar-refractivity contribution is -0.119. The molecule has 2 amide bonds. The van der Waals surface area contributed by atoms with Crippen molar-refractivity contribution in [2.75, 3.05) is 23.7 Å². The Morgan fingerprint density at radius 2 is 2.16 bits per heavy atom. The van der Waals surface area contributed by atoms with Crippen LogP contribution >= 0.6 is 0 Å². The fraction of sp³-hybridized carbons (Fsp3) is 0.385. The van der Waals surface area contributed by atoms with Crippen LogP contribution in [0, 0.1) is 0 Å². The summed E-state index contributed by atoms with van der Waals surface area (Å²) in [5.41, 5.74) is 12.9. The molecule has 0 saturated carbocycles. The average molecular weight is 262 g/mol. The summed E-state index contributed by atoms with van der Waals surface area (Å²) in [7, 11) is 0. The van der Waals surface area contributed by atoms with E-state index in [1.165, 1.54) is 6.92 Å². The molecule has 0 radical (unpaired) electrons. The Labute approximate surface area is 111 Å². The quantitative estimate of drug-likeness (QED) is 0.671. The molecule has 1 heterocycles. The number of nitrogens with two attached hydrogens (primary N) is 2. The molecule has 5 N–H and O–H groups in total. The molecular weight excluding hydrogens is 244 g/mol. The Kier molecular flexibility index (Phi) is 3.59. The van der Waals surface area contributed by atoms with Crippen LogP contribution in [0.1, 0.15) is 23.7 Å². The lowest BCUT2D eigenvalue weighted by Gasteiger charge is -2.21. The zero-order valence-electron chi connectivity index (χ0n) is 10.8. The Hall–Kier alpha value is -2.24. The van der Waals surface area contributed by atoms with E-state index in [2.05, 4.69) is 5.32 Å². The van der Waals surface area contributed by atoms with Crippen molar-refractivity contribution >= 4 is 23.2 Å². The number of carbonyl (C=O) groups is 2. The van der Waals surface area contributed by atoms with Crippen LogP contribution in [0.2, 0.25) is 0 Å². The van der Waals surface area contributed by atoms with Crippen molar-refractivity contribution in [3.63, 3.8) is 0 Å². The summed E-state index contributed by atoms with van der Waals surface area (Å²) in [4.78, 5) is 24.5. The number of hydrogen-bond acceptors (Lipinski definition) is 4. The number of rotatable bonds is 3. The van der Waals surface area contributed by atoms with E-state index in [0.29, 0.717) is 17.8 Å². The number of anilines is 2. The molecule has 0 spiro atoms. The Bertz CT molecular complexity index is 515. The highest BCUT2D eigenvalue weighted by Crippen LogP contribution is 2.26. The van der Waals surface area contributed by atoms with Gasteiger partial charge in [0.05, 0.1) is 11.3 Å². The van der Waals surface area contributed by atoms with E-state index in [1.54, 1.807) is 18.2 Å². The van der Waals surface area contributed by atoms with Gasteiger partial charge in [-0.25, -0.2) is 0 Å². The van der Waals surface area contributed by atoms with Gasteiger partial charge in [0, 0.05) is 31.7 Å². The Morgan fingerprint density at radius 1 is 1.42 bits per heavy atom. The number of primary amides is 1. The Balaban J connectivity index is 2.21. The van der Waals surface area contributed by atoms with Crippen LogP contribution in [0.15, 0.2) is 18.2 Å². The van der Waals surface area contributed by atoms with Gasteiger partial charge in [0.2, 0.25) is 5.91 Å². The summed E-state index contributed by atoms with van der Waals surface area (Å²) >= 11 is 0. The lowest BCUT2D eigenvalue weighted by atomic mass is 10.1. The standard InChI is InChI=1S/C13H18N4O2/c1-8(18)16-10-4-5-17(7-10)12-6-9(14)2-3-11(12)13(15)19/h2-3,6,10H,4-5,7,14H2,1H3,(H2,15,19)(H,16,18). The topological polar surface area (TPSA) is 101 Å². The van der Waals surface area contributed by atoms with Gasteiger partial charge in [-0.15, -0.1) is 0 Å². The molecule has 1 aromatic carbocycles. The molecule has 0 aliphatic carbocycles. The summed E-state index contributed by atoms with van der Waals surface area (Å²) < 4.78 is 0. The number of nitrogen functional groups attached to an aromatic ring is 1. The first-order valence-electron chi connectivity index (χ1n) is 6.18. The molecule has 1 aromatic rings. The summed E-state index contributed by atoms with van der Waals surface area (Å²) in [5.74, 6) is -0.521. The first kappa shape index (κ1) is 13.2. The highest BCUT2D eigenvalue weighted by molar-refractivity contribution is 5.99. The summed E-state index contributed by atoms with van der Waals surface area (Å²) in [6.45, 7) is 2.91. The van der Waals surface area contributed by atoms with E-state index in [0.717, 1.165) is 18.7 Å². The van der Waals surface area contributed by atoms with Crippen molar-refractivity contribution in [2.45, 2.75) is 19.4 Å². The van der Waals surface area contributed by atoms with E-state index in [-0.39, 0.29) is 11.9 Å². The predicted molar refractivity (Wildman–Crippen MR) is 73.8 cm³/mol. The smallest absolute Gasteiger partial charge is 0.250 e. The van der Waals surface area contributed by atoms with Gasteiger partial charge in [-0.05, 0) is 24.6 Å². The molecule has 1 saturated heterocycles. The molecule has 1 atom stereocenters. The van der Waals surface area contributed by atoms with Crippen LogP contribution in [0.5, 0.6) is 0 Å². The summed E-state index contributed by atoms with van der Waals surface area (Å²) in [6, 6.07) is 5.14. The number of benzene rings is 1. The highest BCUT2D eigenvalue weighted by Gasteiger charge is 2.25. The van der Waals surface area contributed by atoms with Gasteiger partial charge in [0.25, 0.3) is 5.91 Å². The minimum absolute atomic E-state index is 0.0467. The van der Waals surface area contributed by atoms with Gasteiger partial charge in [0.1, 0.15) is 0 Å². The minimum atomic E-state index is -0.474. The number of carbonyl (C=O) groups excluding carboxylic acids is 2. The second-order valence-corrected chi connectivity index (χ2v) is 4.77. The van der Waals surface area contributed by atoms with Crippen molar-refractivity contribution in [3.8, 4) is 0 Å². The molecule has 1 fully saturated rings. The van der Waals surface area contributed by atoms with E-state index in [1.807, 2.05) is 4.90 Å². The molecule has 19 heavy (non-hydrogen) atoms. The van der Waals surface area contributed by atoms with E-state index in [4.69, 9.17) is 11.5 Å². The van der Waals surface area contributed by atoms with Crippen LogP contribution in [0.25, 0.3) is 0 Å². The molecule has 6 nitrogen and oxygen atoms in total. The van der Waals surface area contributed by atoms with E-state index in [9.17, 15) is 9.59 Å². The van der Waals surface area contributed by atoms with Crippen molar-refractivity contribution in [1.29, 1.82) is 0 Å². The van der Waals surface area contributed by atoms with Crippen molar-refractivity contribution in [2.24, 2.45) is 5.73 Å². The fourth-order valence-electron chi connectivity index (χ4n) is 2.40. The normalized spacial score (nSPS) is 18.4. The van der Waals surface area contributed by atoms with E-state index >= 15 is 0 Å². The molecule has 102 valence electrons. The first-order valence-corrected chi connectivity index (χ1v) is 6.18. The lowest BCUT2D eigenvalue weighted by Crippen LogP contribution is -2.36. The molecule has 1 aliphatic rings. The molecule has 2 rings (SSSR count). The molecule has 0 bridgehead atoms. The molecule has 6 heteroatoms. The largest absolute Gasteiger partial charge is 0.399 e. The van der Waals surface area contributed by atoms with Gasteiger partial charge in [-0.2, -0.15) is 0 Å². The maximum absolute atomic E-state index is 11.4. The average Bonchev–Trinajstić information content (AvgIpc) is 2.75. The third-order valence-electron chi connectivity index (χ3n) is 3.22. The summed E-state index contributed by atoms with van der Waals surface area (Å²) in [6.07, 6.45) is 0.840. The zero-order chi connectivity index (χ0) is 14.0. The maximum Gasteiger partial charge on any atom is 0.250 e. The maximum atomic E-state index is 11.4. The highest BCUT2D eigenvalue weighted by atomic mass is 16.1. The fourth-order valence-corrected chi connectivity index (χ4v) is 2.40. The molecular formula is C13H18N4O2. The number of hydrogen-bond donors (Lipinski definition) is 3. The van der Waals surface area contributed by atoms with Crippen molar-refractivity contribution in [1.82, 2.24) is 5.32 Å². The molecule has 1 aliphatic heterocycles. The van der Waals surface area contributed by atoms with Gasteiger partial charge < -0.3 is 21.7 Å². The SMILES string of the molecule is CC(=O)NC1CCN(c2cc(N)ccc2C(N)=O)C1. The van der Waals surface area contributed by atoms with Gasteiger partial charge >= 0.3 is 0 Å². The molecule has 1 unspecified atom stereocenters. The van der Waals surface area contributed by atoms with Crippen LogP contribution in [-0.4, -0.2) is 30.9 Å².